The second-order valence-electron chi connectivity index (χ2n) is 5.20. The van der Waals surface area contributed by atoms with E-state index in [0.717, 1.165) is 18.7 Å². The Balaban J connectivity index is 1.69. The van der Waals surface area contributed by atoms with Crippen molar-refractivity contribution in [3.05, 3.63) is 5.82 Å². The van der Waals surface area contributed by atoms with Crippen LogP contribution >= 0.6 is 11.8 Å². The highest BCUT2D eigenvalue weighted by atomic mass is 32.2. The predicted octanol–water partition coefficient (Wildman–Crippen LogP) is 0.274. The minimum absolute atomic E-state index is 0.0209. The molecule has 1 aliphatic carbocycles. The summed E-state index contributed by atoms with van der Waals surface area (Å²) in [5.74, 6) is 1.37. The van der Waals surface area contributed by atoms with Crippen LogP contribution in [-0.4, -0.2) is 50.9 Å². The lowest BCUT2D eigenvalue weighted by Gasteiger charge is -2.11. The minimum Gasteiger partial charge on any atom is -0.355 e. The van der Waals surface area contributed by atoms with Crippen molar-refractivity contribution in [1.29, 1.82) is 0 Å². The van der Waals surface area contributed by atoms with E-state index < -0.39 is 0 Å². The first kappa shape index (κ1) is 16.7. The molecule has 2 amide bonds. The summed E-state index contributed by atoms with van der Waals surface area (Å²) in [5, 5.41) is 17.1. The second-order valence-corrected chi connectivity index (χ2v) is 6.19. The molecule has 0 aliphatic heterocycles. The summed E-state index contributed by atoms with van der Waals surface area (Å²) in [6.07, 6.45) is 4.68. The highest BCUT2D eigenvalue weighted by Gasteiger charge is 2.21. The van der Waals surface area contributed by atoms with Crippen LogP contribution in [0.3, 0.4) is 0 Å². The number of amides is 2. The first-order valence-corrected chi connectivity index (χ1v) is 8.74. The van der Waals surface area contributed by atoms with E-state index in [9.17, 15) is 9.59 Å². The van der Waals surface area contributed by atoms with Crippen molar-refractivity contribution >= 4 is 23.6 Å². The molecule has 0 aromatic carbocycles. The molecule has 0 radical (unpaired) electrons. The fourth-order valence-corrected chi connectivity index (χ4v) is 3.23. The van der Waals surface area contributed by atoms with Gasteiger partial charge in [-0.1, -0.05) is 12.8 Å². The Hall–Kier alpha value is -1.64. The summed E-state index contributed by atoms with van der Waals surface area (Å²) >= 11 is 1.45. The van der Waals surface area contributed by atoms with Gasteiger partial charge in [0.25, 0.3) is 0 Å². The van der Waals surface area contributed by atoms with Crippen LogP contribution in [0.2, 0.25) is 0 Å². The zero-order chi connectivity index (χ0) is 15.8. The molecule has 0 atom stereocenters. The van der Waals surface area contributed by atoms with Gasteiger partial charge in [-0.2, -0.15) is 0 Å². The minimum atomic E-state index is -0.175. The van der Waals surface area contributed by atoms with Gasteiger partial charge in [0.05, 0.1) is 24.1 Å². The molecule has 2 N–H and O–H groups in total. The van der Waals surface area contributed by atoms with Crippen LogP contribution in [0.1, 0.15) is 44.5 Å². The predicted molar refractivity (Wildman–Crippen MR) is 83.2 cm³/mol. The number of nitrogens with zero attached hydrogens (tertiary/aromatic N) is 4. The Morgan fingerprint density at radius 1 is 1.27 bits per heavy atom. The summed E-state index contributed by atoms with van der Waals surface area (Å²) < 4.78 is 1.90. The van der Waals surface area contributed by atoms with Gasteiger partial charge in [0.1, 0.15) is 0 Å². The maximum Gasteiger partial charge on any atom is 0.239 e. The van der Waals surface area contributed by atoms with E-state index in [1.54, 1.807) is 0 Å². The number of nitrogens with one attached hydrogen (secondary N) is 2. The van der Waals surface area contributed by atoms with Gasteiger partial charge >= 0.3 is 0 Å². The summed E-state index contributed by atoms with van der Waals surface area (Å²) in [6.45, 7) is 2.42. The molecule has 0 bridgehead atoms. The van der Waals surface area contributed by atoms with Crippen LogP contribution in [0, 0.1) is 0 Å². The van der Waals surface area contributed by atoms with E-state index in [2.05, 4.69) is 26.2 Å². The fraction of sp³-hybridized carbons (Fsp3) is 0.769. The standard InChI is InChI=1S/C13H22N6O2S/c1-2-14-12(20)7-15-13(21)9-22-8-11-16-17-18-19(11)10-5-3-4-6-10/h10H,2-9H2,1H3,(H,14,20)(H,15,21). The van der Waals surface area contributed by atoms with Gasteiger partial charge in [-0.05, 0) is 30.2 Å². The zero-order valence-corrected chi connectivity index (χ0v) is 13.6. The van der Waals surface area contributed by atoms with Crippen molar-refractivity contribution in [3.63, 3.8) is 0 Å². The number of tetrazole rings is 1. The molecule has 1 fully saturated rings. The number of aromatic nitrogens is 4. The van der Waals surface area contributed by atoms with Crippen LogP contribution in [0.15, 0.2) is 0 Å². The monoisotopic (exact) mass is 326 g/mol. The molecule has 1 aromatic rings. The normalized spacial score (nSPS) is 15.0. The molecule has 1 heterocycles. The molecular formula is C13H22N6O2S. The summed E-state index contributed by atoms with van der Waals surface area (Å²) in [6, 6.07) is 0.400. The third kappa shape index (κ3) is 4.97. The van der Waals surface area contributed by atoms with E-state index in [0.29, 0.717) is 18.3 Å². The highest BCUT2D eigenvalue weighted by Crippen LogP contribution is 2.29. The molecule has 1 saturated carbocycles. The average molecular weight is 326 g/mol. The molecule has 122 valence electrons. The maximum absolute atomic E-state index is 11.7. The quantitative estimate of drug-likeness (QED) is 0.711. The van der Waals surface area contributed by atoms with E-state index in [1.165, 1.54) is 24.6 Å². The van der Waals surface area contributed by atoms with Crippen molar-refractivity contribution in [3.8, 4) is 0 Å². The van der Waals surface area contributed by atoms with Crippen LogP contribution in [0.5, 0.6) is 0 Å². The molecular weight excluding hydrogens is 304 g/mol. The fourth-order valence-electron chi connectivity index (χ4n) is 2.46. The van der Waals surface area contributed by atoms with E-state index >= 15 is 0 Å². The highest BCUT2D eigenvalue weighted by molar-refractivity contribution is 7.99. The smallest absolute Gasteiger partial charge is 0.239 e. The molecule has 1 aliphatic rings. The van der Waals surface area contributed by atoms with E-state index in [1.807, 2.05) is 11.6 Å². The van der Waals surface area contributed by atoms with Gasteiger partial charge in [0.2, 0.25) is 11.8 Å². The third-order valence-corrected chi connectivity index (χ3v) is 4.44. The first-order valence-electron chi connectivity index (χ1n) is 7.58. The number of carbonyl (C=O) groups excluding carboxylic acids is 2. The molecule has 0 saturated heterocycles. The van der Waals surface area contributed by atoms with Crippen molar-refractivity contribution in [2.45, 2.75) is 44.4 Å². The number of rotatable bonds is 8. The Morgan fingerprint density at radius 3 is 2.77 bits per heavy atom. The second kappa shape index (κ2) is 8.72. The Labute approximate surface area is 133 Å². The van der Waals surface area contributed by atoms with E-state index in [-0.39, 0.29) is 24.1 Å². The van der Waals surface area contributed by atoms with Gasteiger partial charge < -0.3 is 10.6 Å². The van der Waals surface area contributed by atoms with Crippen molar-refractivity contribution < 1.29 is 9.59 Å². The molecule has 2 rings (SSSR count). The van der Waals surface area contributed by atoms with Gasteiger partial charge in [-0.15, -0.1) is 16.9 Å². The van der Waals surface area contributed by atoms with E-state index in [4.69, 9.17) is 0 Å². The lowest BCUT2D eigenvalue weighted by Crippen LogP contribution is -2.37. The summed E-state index contributed by atoms with van der Waals surface area (Å²) in [4.78, 5) is 22.9. The third-order valence-electron chi connectivity index (χ3n) is 3.52. The van der Waals surface area contributed by atoms with Crippen molar-refractivity contribution in [2.75, 3.05) is 18.8 Å². The van der Waals surface area contributed by atoms with Gasteiger partial charge in [-0.25, -0.2) is 4.68 Å². The molecule has 22 heavy (non-hydrogen) atoms. The van der Waals surface area contributed by atoms with Crippen LogP contribution in [0.4, 0.5) is 0 Å². The maximum atomic E-state index is 11.7. The molecule has 0 unspecified atom stereocenters. The topological polar surface area (TPSA) is 102 Å². The Kier molecular flexibility index (Phi) is 6.63. The zero-order valence-electron chi connectivity index (χ0n) is 12.7. The first-order chi connectivity index (χ1) is 10.7. The average Bonchev–Trinajstić information content (AvgIpc) is 3.16. The van der Waals surface area contributed by atoms with Crippen LogP contribution < -0.4 is 10.6 Å². The molecule has 0 spiro atoms. The summed E-state index contributed by atoms with van der Waals surface area (Å²) in [7, 11) is 0. The Morgan fingerprint density at radius 2 is 2.05 bits per heavy atom. The molecule has 9 heteroatoms. The molecule has 8 nitrogen and oxygen atoms in total. The van der Waals surface area contributed by atoms with Gasteiger partial charge in [0, 0.05) is 6.54 Å². The summed E-state index contributed by atoms with van der Waals surface area (Å²) in [5.41, 5.74) is 0. The number of carbonyl (C=O) groups is 2. The van der Waals surface area contributed by atoms with Gasteiger partial charge in [-0.3, -0.25) is 9.59 Å². The largest absolute Gasteiger partial charge is 0.355 e. The lowest BCUT2D eigenvalue weighted by molar-refractivity contribution is -0.124. The number of hydrogen-bond donors (Lipinski definition) is 2. The SMILES string of the molecule is CCNC(=O)CNC(=O)CSCc1nnnn1C1CCCC1. The number of likely N-dealkylation sites (N-methyl/N-ethyl adjacent to an activating group) is 1. The lowest BCUT2D eigenvalue weighted by atomic mass is 10.2. The number of thioether (sulfide) groups is 1. The van der Waals surface area contributed by atoms with Gasteiger partial charge in [0.15, 0.2) is 5.82 Å². The Bertz CT molecular complexity index is 500. The van der Waals surface area contributed by atoms with Crippen LogP contribution in [-0.2, 0) is 15.3 Å². The van der Waals surface area contributed by atoms with Crippen molar-refractivity contribution in [2.24, 2.45) is 0 Å². The number of hydrogen-bond acceptors (Lipinski definition) is 6. The van der Waals surface area contributed by atoms with Crippen molar-refractivity contribution in [1.82, 2.24) is 30.8 Å². The molecule has 1 aromatic heterocycles. The van der Waals surface area contributed by atoms with Crippen LogP contribution in [0.25, 0.3) is 0 Å².